The minimum Gasteiger partial charge on any atom is -0.497 e. The number of nitrogens with one attached hydrogen (secondary N) is 1. The second-order valence-electron chi connectivity index (χ2n) is 6.25. The summed E-state index contributed by atoms with van der Waals surface area (Å²) in [5.74, 6) is 3.58. The molecule has 1 aromatic heterocycles. The number of pyridine rings is 1. The Morgan fingerprint density at radius 2 is 2.00 bits per heavy atom. The van der Waals surface area contributed by atoms with E-state index in [1.165, 1.54) is 36.5 Å². The Kier molecular flexibility index (Phi) is 4.28. The van der Waals surface area contributed by atoms with Crippen LogP contribution in [0.3, 0.4) is 0 Å². The van der Waals surface area contributed by atoms with Crippen LogP contribution in [-0.2, 0) is 0 Å². The number of nitrogens with zero attached hydrogens (tertiary/aromatic N) is 1. The minimum atomic E-state index is 0.788. The molecule has 0 saturated heterocycles. The molecule has 1 heterocycles. The van der Waals surface area contributed by atoms with E-state index in [2.05, 4.69) is 29.4 Å². The fourth-order valence-electron chi connectivity index (χ4n) is 3.20. The highest BCUT2D eigenvalue weighted by molar-refractivity contribution is 5.92. The third-order valence-electron chi connectivity index (χ3n) is 4.67. The van der Waals surface area contributed by atoms with E-state index in [-0.39, 0.29) is 0 Å². The van der Waals surface area contributed by atoms with E-state index in [1.54, 1.807) is 7.11 Å². The van der Waals surface area contributed by atoms with Crippen LogP contribution in [0.25, 0.3) is 10.8 Å². The summed E-state index contributed by atoms with van der Waals surface area (Å²) in [6.45, 7) is 3.40. The molecule has 2 aromatic rings. The predicted octanol–water partition coefficient (Wildman–Crippen LogP) is 4.48. The number of hydrogen-bond donors (Lipinski definition) is 1. The summed E-state index contributed by atoms with van der Waals surface area (Å²) in [6.07, 6.45) is 7.28. The van der Waals surface area contributed by atoms with Crippen LogP contribution >= 0.6 is 0 Å². The molecule has 1 aliphatic rings. The minimum absolute atomic E-state index is 0.788. The SMILES string of the molecule is COc1ccc2c(NCC3CCC(C)CC3)nccc2c1. The van der Waals surface area contributed by atoms with Crippen LogP contribution in [0.1, 0.15) is 32.6 Å². The van der Waals surface area contributed by atoms with Gasteiger partial charge in [0, 0.05) is 18.1 Å². The van der Waals surface area contributed by atoms with Crippen LogP contribution in [0.4, 0.5) is 5.82 Å². The fraction of sp³-hybridized carbons (Fsp3) is 0.500. The second-order valence-corrected chi connectivity index (χ2v) is 6.25. The molecule has 1 saturated carbocycles. The molecule has 3 nitrogen and oxygen atoms in total. The van der Waals surface area contributed by atoms with Crippen LogP contribution in [0.5, 0.6) is 5.75 Å². The van der Waals surface area contributed by atoms with E-state index >= 15 is 0 Å². The van der Waals surface area contributed by atoms with E-state index in [4.69, 9.17) is 4.74 Å². The molecule has 0 bridgehead atoms. The van der Waals surface area contributed by atoms with E-state index < -0.39 is 0 Å². The Bertz CT molecular complexity index is 603. The van der Waals surface area contributed by atoms with Crippen LogP contribution in [0.2, 0.25) is 0 Å². The van der Waals surface area contributed by atoms with Crippen molar-refractivity contribution < 1.29 is 4.74 Å². The van der Waals surface area contributed by atoms with Gasteiger partial charge in [0.1, 0.15) is 11.6 Å². The van der Waals surface area contributed by atoms with Gasteiger partial charge in [0.05, 0.1) is 7.11 Å². The summed E-state index contributed by atoms with van der Waals surface area (Å²) >= 11 is 0. The molecule has 0 amide bonds. The summed E-state index contributed by atoms with van der Waals surface area (Å²) in [4.78, 5) is 4.51. The Morgan fingerprint density at radius 1 is 1.19 bits per heavy atom. The van der Waals surface area contributed by atoms with Gasteiger partial charge < -0.3 is 10.1 Å². The summed E-state index contributed by atoms with van der Waals surface area (Å²) in [7, 11) is 1.70. The maximum atomic E-state index is 5.29. The zero-order chi connectivity index (χ0) is 14.7. The van der Waals surface area contributed by atoms with Crippen molar-refractivity contribution in [1.82, 2.24) is 4.98 Å². The zero-order valence-corrected chi connectivity index (χ0v) is 12.9. The Labute approximate surface area is 126 Å². The number of aromatic nitrogens is 1. The van der Waals surface area contributed by atoms with Crippen molar-refractivity contribution in [3.63, 3.8) is 0 Å². The molecule has 1 aliphatic carbocycles. The predicted molar refractivity (Wildman–Crippen MR) is 87.9 cm³/mol. The van der Waals surface area contributed by atoms with Crippen LogP contribution in [-0.4, -0.2) is 18.6 Å². The molecule has 1 fully saturated rings. The standard InChI is InChI=1S/C18H24N2O/c1-13-3-5-14(6-4-13)12-20-18-17-8-7-16(21-2)11-15(17)9-10-19-18/h7-11,13-14H,3-6,12H2,1-2H3,(H,19,20). The molecular formula is C18H24N2O. The van der Waals surface area contributed by atoms with Crippen molar-refractivity contribution in [2.75, 3.05) is 19.0 Å². The quantitative estimate of drug-likeness (QED) is 0.898. The van der Waals surface area contributed by atoms with Crippen LogP contribution < -0.4 is 10.1 Å². The van der Waals surface area contributed by atoms with Crippen LogP contribution in [0.15, 0.2) is 30.5 Å². The van der Waals surface area contributed by atoms with Gasteiger partial charge >= 0.3 is 0 Å². The lowest BCUT2D eigenvalue weighted by Crippen LogP contribution is -2.20. The summed E-state index contributed by atoms with van der Waals surface area (Å²) in [6, 6.07) is 8.18. The third kappa shape index (κ3) is 3.29. The summed E-state index contributed by atoms with van der Waals surface area (Å²) in [5, 5.41) is 5.90. The average Bonchev–Trinajstić information content (AvgIpc) is 2.53. The Morgan fingerprint density at radius 3 is 2.76 bits per heavy atom. The molecule has 112 valence electrons. The number of benzene rings is 1. The molecule has 0 spiro atoms. The Balaban J connectivity index is 1.72. The van der Waals surface area contributed by atoms with E-state index in [0.717, 1.165) is 29.9 Å². The average molecular weight is 284 g/mol. The van der Waals surface area contributed by atoms with Gasteiger partial charge in [-0.25, -0.2) is 4.98 Å². The maximum absolute atomic E-state index is 5.29. The molecule has 0 radical (unpaired) electrons. The van der Waals surface area contributed by atoms with Gasteiger partial charge in [-0.3, -0.25) is 0 Å². The topological polar surface area (TPSA) is 34.1 Å². The molecule has 1 aromatic carbocycles. The number of ether oxygens (including phenoxy) is 1. The van der Waals surface area contributed by atoms with Crippen molar-refractivity contribution in [3.05, 3.63) is 30.5 Å². The number of rotatable bonds is 4. The summed E-state index contributed by atoms with van der Waals surface area (Å²) in [5.41, 5.74) is 0. The molecule has 21 heavy (non-hydrogen) atoms. The molecular weight excluding hydrogens is 260 g/mol. The van der Waals surface area contributed by atoms with E-state index in [1.807, 2.05) is 18.3 Å². The first kappa shape index (κ1) is 14.2. The number of fused-ring (bicyclic) bond motifs is 1. The van der Waals surface area contributed by atoms with Gasteiger partial charge in [0.25, 0.3) is 0 Å². The van der Waals surface area contributed by atoms with E-state index in [0.29, 0.717) is 0 Å². The normalized spacial score (nSPS) is 22.2. The lowest BCUT2D eigenvalue weighted by molar-refractivity contribution is 0.300. The van der Waals surface area contributed by atoms with Crippen molar-refractivity contribution in [3.8, 4) is 5.75 Å². The van der Waals surface area contributed by atoms with Gasteiger partial charge in [-0.05, 0) is 54.3 Å². The lowest BCUT2D eigenvalue weighted by atomic mass is 9.83. The van der Waals surface area contributed by atoms with Crippen molar-refractivity contribution in [1.29, 1.82) is 0 Å². The van der Waals surface area contributed by atoms with Crippen LogP contribution in [0, 0.1) is 11.8 Å². The lowest BCUT2D eigenvalue weighted by Gasteiger charge is -2.26. The number of anilines is 1. The highest BCUT2D eigenvalue weighted by atomic mass is 16.5. The third-order valence-corrected chi connectivity index (χ3v) is 4.67. The first-order valence-corrected chi connectivity index (χ1v) is 7.93. The molecule has 3 heteroatoms. The molecule has 0 atom stereocenters. The van der Waals surface area contributed by atoms with Gasteiger partial charge in [-0.2, -0.15) is 0 Å². The number of methoxy groups -OCH3 is 1. The van der Waals surface area contributed by atoms with Gasteiger partial charge in [0.15, 0.2) is 0 Å². The van der Waals surface area contributed by atoms with Gasteiger partial charge in [-0.1, -0.05) is 19.8 Å². The monoisotopic (exact) mass is 284 g/mol. The first-order chi connectivity index (χ1) is 10.3. The second kappa shape index (κ2) is 6.33. The van der Waals surface area contributed by atoms with E-state index in [9.17, 15) is 0 Å². The highest BCUT2D eigenvalue weighted by Crippen LogP contribution is 2.29. The van der Waals surface area contributed by atoms with Gasteiger partial charge in [0.2, 0.25) is 0 Å². The largest absolute Gasteiger partial charge is 0.497 e. The smallest absolute Gasteiger partial charge is 0.133 e. The molecule has 1 N–H and O–H groups in total. The highest BCUT2D eigenvalue weighted by Gasteiger charge is 2.18. The number of hydrogen-bond acceptors (Lipinski definition) is 3. The van der Waals surface area contributed by atoms with Crippen molar-refractivity contribution >= 4 is 16.6 Å². The van der Waals surface area contributed by atoms with Crippen molar-refractivity contribution in [2.45, 2.75) is 32.6 Å². The van der Waals surface area contributed by atoms with Crippen molar-refractivity contribution in [2.24, 2.45) is 11.8 Å². The fourth-order valence-corrected chi connectivity index (χ4v) is 3.20. The molecule has 3 rings (SSSR count). The molecule has 0 aliphatic heterocycles. The first-order valence-electron chi connectivity index (χ1n) is 7.93. The van der Waals surface area contributed by atoms with Gasteiger partial charge in [-0.15, -0.1) is 0 Å². The zero-order valence-electron chi connectivity index (χ0n) is 12.9. The maximum Gasteiger partial charge on any atom is 0.133 e. The summed E-state index contributed by atoms with van der Waals surface area (Å²) < 4.78 is 5.29. The molecule has 0 unspecified atom stereocenters. The Hall–Kier alpha value is -1.77.